The predicted molar refractivity (Wildman–Crippen MR) is 122 cm³/mol. The van der Waals surface area contributed by atoms with Crippen LogP contribution in [0.2, 0.25) is 0 Å². The summed E-state index contributed by atoms with van der Waals surface area (Å²) >= 11 is 1.53. The van der Waals surface area contributed by atoms with Gasteiger partial charge in [-0.25, -0.2) is 4.79 Å². The van der Waals surface area contributed by atoms with Gasteiger partial charge in [0.1, 0.15) is 11.3 Å². The van der Waals surface area contributed by atoms with E-state index in [4.69, 9.17) is 5.11 Å². The van der Waals surface area contributed by atoms with Crippen LogP contribution in [0.3, 0.4) is 0 Å². The summed E-state index contributed by atoms with van der Waals surface area (Å²) in [7, 11) is 0. The molecule has 2 rings (SSSR count). The molecule has 0 aliphatic heterocycles. The lowest BCUT2D eigenvalue weighted by molar-refractivity contribution is -0.142. The lowest BCUT2D eigenvalue weighted by Gasteiger charge is -2.19. The molecule has 2 atom stereocenters. The Labute approximate surface area is 192 Å². The van der Waals surface area contributed by atoms with Crippen LogP contribution in [0.25, 0.3) is 0 Å². The quantitative estimate of drug-likeness (QED) is 0.448. The molecule has 2 aromatic carbocycles. The van der Waals surface area contributed by atoms with Gasteiger partial charge in [0.05, 0.1) is 0 Å². The van der Waals surface area contributed by atoms with Gasteiger partial charge in [0.15, 0.2) is 0 Å². The molecule has 1 unspecified atom stereocenters. The highest BCUT2D eigenvalue weighted by atomic mass is 32.2. The summed E-state index contributed by atoms with van der Waals surface area (Å²) in [6.45, 7) is 0. The second kappa shape index (κ2) is 12.7. The Morgan fingerprint density at radius 2 is 1.34 bits per heavy atom. The number of hydrogen-bond acceptors (Lipinski definition) is 7. The summed E-state index contributed by atoms with van der Waals surface area (Å²) in [5.74, 6) is -3.41. The molecule has 3 N–H and O–H groups in total. The molecule has 0 heterocycles. The van der Waals surface area contributed by atoms with Gasteiger partial charge in [0, 0.05) is 23.3 Å². The molecule has 0 aliphatic carbocycles. The van der Waals surface area contributed by atoms with Crippen molar-refractivity contribution in [3.8, 4) is 0 Å². The van der Waals surface area contributed by atoms with E-state index < -0.39 is 40.7 Å². The number of carboxylic acids is 2. The maximum absolute atomic E-state index is 12.8. The molecule has 0 saturated heterocycles. The van der Waals surface area contributed by atoms with E-state index in [-0.39, 0.29) is 17.3 Å². The second-order valence-corrected chi connectivity index (χ2v) is 8.72. The SMILES string of the molecule is O=C(O)CC[C@H](NC(=O)C(CSC(=O)c1ccccc1)SC(=O)c1ccccc1)C(=O)O. The number of carbonyl (C=O) groups excluding carboxylic acids is 3. The molecular weight excluding hydrogens is 454 g/mol. The minimum Gasteiger partial charge on any atom is -0.481 e. The van der Waals surface area contributed by atoms with Crippen LogP contribution in [0.5, 0.6) is 0 Å². The normalized spacial score (nSPS) is 12.4. The molecular formula is C22H21NO7S2. The number of carboxylic acid groups (broad SMARTS) is 2. The molecule has 10 heteroatoms. The van der Waals surface area contributed by atoms with Crippen molar-refractivity contribution in [3.05, 3.63) is 71.8 Å². The van der Waals surface area contributed by atoms with E-state index in [0.717, 1.165) is 11.8 Å². The zero-order chi connectivity index (χ0) is 23.5. The number of amides is 1. The fraction of sp³-hybridized carbons (Fsp3) is 0.227. The van der Waals surface area contributed by atoms with Gasteiger partial charge in [0.2, 0.25) is 16.1 Å². The molecule has 8 nitrogen and oxygen atoms in total. The van der Waals surface area contributed by atoms with Crippen LogP contribution in [0, 0.1) is 0 Å². The average Bonchev–Trinajstić information content (AvgIpc) is 2.79. The largest absolute Gasteiger partial charge is 0.481 e. The Bertz CT molecular complexity index is 967. The van der Waals surface area contributed by atoms with Crippen molar-refractivity contribution in [3.63, 3.8) is 0 Å². The number of carbonyl (C=O) groups is 5. The minimum atomic E-state index is -1.43. The van der Waals surface area contributed by atoms with Crippen LogP contribution in [0.15, 0.2) is 60.7 Å². The van der Waals surface area contributed by atoms with E-state index >= 15 is 0 Å². The zero-order valence-corrected chi connectivity index (χ0v) is 18.4. The molecule has 1 amide bonds. The molecule has 0 radical (unpaired) electrons. The molecule has 0 spiro atoms. The number of nitrogens with one attached hydrogen (secondary N) is 1. The third-order valence-corrected chi connectivity index (χ3v) is 6.51. The number of aliphatic carboxylic acids is 2. The van der Waals surface area contributed by atoms with Crippen molar-refractivity contribution in [2.75, 3.05) is 5.75 Å². The van der Waals surface area contributed by atoms with Gasteiger partial charge in [-0.15, -0.1) is 0 Å². The number of hydrogen-bond donors (Lipinski definition) is 3. The minimum absolute atomic E-state index is 0.0753. The molecule has 0 aromatic heterocycles. The molecule has 0 saturated carbocycles. The van der Waals surface area contributed by atoms with Crippen molar-refractivity contribution < 1.29 is 34.2 Å². The maximum atomic E-state index is 12.8. The second-order valence-electron chi connectivity index (χ2n) is 6.56. The fourth-order valence-corrected chi connectivity index (χ4v) is 4.47. The molecule has 0 aliphatic rings. The Morgan fingerprint density at radius 1 is 0.812 bits per heavy atom. The van der Waals surface area contributed by atoms with Crippen LogP contribution < -0.4 is 5.32 Å². The van der Waals surface area contributed by atoms with Gasteiger partial charge in [-0.05, 0) is 6.42 Å². The van der Waals surface area contributed by atoms with Gasteiger partial charge >= 0.3 is 11.9 Å². The average molecular weight is 476 g/mol. The number of benzene rings is 2. The predicted octanol–water partition coefficient (Wildman–Crippen LogP) is 2.94. The van der Waals surface area contributed by atoms with Crippen molar-refractivity contribution in [1.82, 2.24) is 5.32 Å². The first-order valence-electron chi connectivity index (χ1n) is 9.51. The fourth-order valence-electron chi connectivity index (χ4n) is 2.53. The topological polar surface area (TPSA) is 138 Å². The summed E-state index contributed by atoms with van der Waals surface area (Å²) in [5, 5.41) is 18.6. The van der Waals surface area contributed by atoms with E-state index in [1.807, 2.05) is 0 Å². The number of rotatable bonds is 11. The molecule has 168 valence electrons. The summed E-state index contributed by atoms with van der Waals surface area (Å²) in [6.07, 6.45) is -0.754. The van der Waals surface area contributed by atoms with Gasteiger partial charge in [-0.1, -0.05) is 84.2 Å². The maximum Gasteiger partial charge on any atom is 0.326 e. The Balaban J connectivity index is 2.13. The lowest BCUT2D eigenvalue weighted by Crippen LogP contribution is -2.45. The van der Waals surface area contributed by atoms with Gasteiger partial charge in [-0.3, -0.25) is 19.2 Å². The van der Waals surface area contributed by atoms with E-state index in [1.54, 1.807) is 60.7 Å². The summed E-state index contributed by atoms with van der Waals surface area (Å²) in [4.78, 5) is 60.0. The highest BCUT2D eigenvalue weighted by Crippen LogP contribution is 2.24. The summed E-state index contributed by atoms with van der Waals surface area (Å²) in [5.41, 5.74) is 0.788. The Morgan fingerprint density at radius 3 is 1.84 bits per heavy atom. The van der Waals surface area contributed by atoms with Crippen LogP contribution in [0.4, 0.5) is 0 Å². The highest BCUT2D eigenvalue weighted by Gasteiger charge is 2.29. The lowest BCUT2D eigenvalue weighted by atomic mass is 10.1. The molecule has 2 aromatic rings. The zero-order valence-electron chi connectivity index (χ0n) is 16.8. The summed E-state index contributed by atoms with van der Waals surface area (Å²) < 4.78 is 0. The Kier molecular flexibility index (Phi) is 9.96. The van der Waals surface area contributed by atoms with E-state index in [0.29, 0.717) is 22.9 Å². The Hall–Kier alpha value is -3.11. The van der Waals surface area contributed by atoms with Crippen LogP contribution >= 0.6 is 23.5 Å². The van der Waals surface area contributed by atoms with E-state index in [2.05, 4.69) is 5.32 Å². The third kappa shape index (κ3) is 8.20. The van der Waals surface area contributed by atoms with Gasteiger partial charge < -0.3 is 15.5 Å². The first-order chi connectivity index (χ1) is 15.3. The highest BCUT2D eigenvalue weighted by molar-refractivity contribution is 8.18. The summed E-state index contributed by atoms with van der Waals surface area (Å²) in [6, 6.07) is 15.2. The number of thioether (sulfide) groups is 2. The first-order valence-corrected chi connectivity index (χ1v) is 11.4. The van der Waals surface area contributed by atoms with Crippen LogP contribution in [-0.4, -0.2) is 55.3 Å². The van der Waals surface area contributed by atoms with Crippen molar-refractivity contribution >= 4 is 51.6 Å². The van der Waals surface area contributed by atoms with E-state index in [1.165, 1.54) is 0 Å². The molecule has 0 bridgehead atoms. The smallest absolute Gasteiger partial charge is 0.326 e. The first kappa shape index (κ1) is 25.2. The van der Waals surface area contributed by atoms with E-state index in [9.17, 15) is 29.1 Å². The van der Waals surface area contributed by atoms with Crippen LogP contribution in [0.1, 0.15) is 33.6 Å². The van der Waals surface area contributed by atoms with Crippen molar-refractivity contribution in [1.29, 1.82) is 0 Å². The third-order valence-electron chi connectivity index (χ3n) is 4.19. The molecule has 0 fully saturated rings. The molecule has 32 heavy (non-hydrogen) atoms. The van der Waals surface area contributed by atoms with Gasteiger partial charge in [0.25, 0.3) is 0 Å². The van der Waals surface area contributed by atoms with Crippen LogP contribution in [-0.2, 0) is 14.4 Å². The van der Waals surface area contributed by atoms with Crippen molar-refractivity contribution in [2.45, 2.75) is 24.1 Å². The monoisotopic (exact) mass is 475 g/mol. The standard InChI is InChI=1S/C22H21NO7S2/c24-18(25)12-11-16(20(27)28)23-19(26)17(32-22(30)15-9-5-2-6-10-15)13-31-21(29)14-7-3-1-4-8-14/h1-10,16-17H,11-13H2,(H,23,26)(H,24,25)(H,27,28)/t16-,17?/m0/s1. The van der Waals surface area contributed by atoms with Crippen molar-refractivity contribution in [2.24, 2.45) is 0 Å². The van der Waals surface area contributed by atoms with Gasteiger partial charge in [-0.2, -0.15) is 0 Å².